The van der Waals surface area contributed by atoms with Crippen LogP contribution in [0.2, 0.25) is 5.02 Å². The molecule has 0 fully saturated rings. The minimum atomic E-state index is -4.01. The van der Waals surface area contributed by atoms with Crippen LogP contribution in [0.15, 0.2) is 72.1 Å². The minimum absolute atomic E-state index is 0. The zero-order valence-corrected chi connectivity index (χ0v) is 18.9. The van der Waals surface area contributed by atoms with E-state index >= 15 is 0 Å². The molecule has 12 heteroatoms. The molecular formula is C20H20Cl2N4O5S. The first-order chi connectivity index (χ1) is 14.7. The Hall–Kier alpha value is -2.92. The Morgan fingerprint density at radius 1 is 1.09 bits per heavy atom. The Kier molecular flexibility index (Phi) is 8.79. The first kappa shape index (κ1) is 25.3. The van der Waals surface area contributed by atoms with Gasteiger partial charge in [-0.3, -0.25) is 9.59 Å². The molecule has 1 unspecified atom stereocenters. The highest BCUT2D eigenvalue weighted by Gasteiger charge is 2.26. The number of carbonyl (C=O) groups excluding carboxylic acids is 1. The summed E-state index contributed by atoms with van der Waals surface area (Å²) in [5.74, 6) is -1.55. The maximum atomic E-state index is 12.9. The number of nitrogens with zero attached hydrogens (tertiary/aromatic N) is 2. The molecule has 1 atom stereocenters. The van der Waals surface area contributed by atoms with Crippen LogP contribution in [-0.2, 0) is 32.6 Å². The van der Waals surface area contributed by atoms with Crippen LogP contribution in [0.3, 0.4) is 0 Å². The van der Waals surface area contributed by atoms with Crippen LogP contribution in [0.5, 0.6) is 0 Å². The van der Waals surface area contributed by atoms with Crippen LogP contribution in [0.25, 0.3) is 0 Å². The van der Waals surface area contributed by atoms with Crippen molar-refractivity contribution in [2.24, 2.45) is 0 Å². The van der Waals surface area contributed by atoms with Gasteiger partial charge in [-0.05, 0) is 42.0 Å². The zero-order valence-electron chi connectivity index (χ0n) is 16.5. The van der Waals surface area contributed by atoms with Crippen molar-refractivity contribution in [3.05, 3.63) is 77.8 Å². The van der Waals surface area contributed by atoms with Crippen molar-refractivity contribution in [1.82, 2.24) is 14.3 Å². The largest absolute Gasteiger partial charge is 0.481 e. The van der Waals surface area contributed by atoms with E-state index in [1.54, 1.807) is 35.0 Å². The van der Waals surface area contributed by atoms with E-state index in [0.29, 0.717) is 16.3 Å². The highest BCUT2D eigenvalue weighted by Crippen LogP contribution is 2.16. The number of amides is 1. The lowest BCUT2D eigenvalue weighted by Crippen LogP contribution is -2.46. The summed E-state index contributed by atoms with van der Waals surface area (Å²) in [5, 5.41) is 11.9. The third-order valence-electron chi connectivity index (χ3n) is 4.27. The summed E-state index contributed by atoms with van der Waals surface area (Å²) in [4.78, 5) is 27.5. The van der Waals surface area contributed by atoms with Gasteiger partial charge in [-0.2, -0.15) is 4.72 Å². The molecule has 0 aliphatic heterocycles. The number of nitrogens with one attached hydrogen (secondary N) is 2. The number of carboxylic acids is 1. The number of carboxylic acid groups (broad SMARTS) is 1. The number of carbonyl (C=O) groups is 2. The van der Waals surface area contributed by atoms with Gasteiger partial charge in [0.25, 0.3) is 0 Å². The lowest BCUT2D eigenvalue weighted by Gasteiger charge is -2.19. The van der Waals surface area contributed by atoms with E-state index in [0.717, 1.165) is 0 Å². The Balaban J connectivity index is 0.00000363. The number of benzene rings is 2. The third-order valence-corrected chi connectivity index (χ3v) is 6.01. The number of hydrogen-bond donors (Lipinski definition) is 3. The van der Waals surface area contributed by atoms with E-state index < -0.39 is 27.9 Å². The van der Waals surface area contributed by atoms with E-state index in [9.17, 15) is 18.0 Å². The molecule has 0 bridgehead atoms. The second kappa shape index (κ2) is 11.1. The van der Waals surface area contributed by atoms with Gasteiger partial charge in [0, 0.05) is 29.6 Å². The lowest BCUT2D eigenvalue weighted by molar-refractivity contribution is -0.136. The number of rotatable bonds is 9. The summed E-state index contributed by atoms with van der Waals surface area (Å²) in [6, 6.07) is 10.7. The SMILES string of the molecule is Cl.O=C(O)Cc1ccc(NC(=O)C(Cn2ccnc2)NS(=O)(=O)c2ccc(Cl)cc2)cc1. The fourth-order valence-corrected chi connectivity index (χ4v) is 4.07. The van der Waals surface area contributed by atoms with Crippen LogP contribution < -0.4 is 10.0 Å². The molecule has 0 radical (unpaired) electrons. The van der Waals surface area contributed by atoms with E-state index in [4.69, 9.17) is 16.7 Å². The average Bonchev–Trinajstić information content (AvgIpc) is 3.22. The Morgan fingerprint density at radius 2 is 1.75 bits per heavy atom. The molecule has 3 rings (SSSR count). The van der Waals surface area contributed by atoms with Gasteiger partial charge in [0.05, 0.1) is 17.6 Å². The minimum Gasteiger partial charge on any atom is -0.481 e. The van der Waals surface area contributed by atoms with Gasteiger partial charge in [0.2, 0.25) is 15.9 Å². The Morgan fingerprint density at radius 3 is 2.31 bits per heavy atom. The quantitative estimate of drug-likeness (QED) is 0.415. The van der Waals surface area contributed by atoms with Gasteiger partial charge in [-0.25, -0.2) is 13.4 Å². The highest BCUT2D eigenvalue weighted by atomic mass is 35.5. The van der Waals surface area contributed by atoms with Crippen LogP contribution in [0.1, 0.15) is 5.56 Å². The molecular weight excluding hydrogens is 479 g/mol. The standard InChI is InChI=1S/C20H19ClN4O5S.ClH/c21-15-3-7-17(8-4-15)31(29,30)24-18(12-25-10-9-22-13-25)20(28)23-16-5-1-14(2-6-16)11-19(26)27;/h1-10,13,18,24H,11-12H2,(H,23,28)(H,26,27);1H. The number of anilines is 1. The van der Waals surface area contributed by atoms with E-state index in [1.807, 2.05) is 0 Å². The number of sulfonamides is 1. The van der Waals surface area contributed by atoms with Gasteiger partial charge in [-0.15, -0.1) is 12.4 Å². The van der Waals surface area contributed by atoms with Crippen LogP contribution >= 0.6 is 24.0 Å². The van der Waals surface area contributed by atoms with Crippen LogP contribution in [-0.4, -0.2) is 41.0 Å². The molecule has 170 valence electrons. The predicted molar refractivity (Wildman–Crippen MR) is 121 cm³/mol. The molecule has 0 saturated carbocycles. The molecule has 0 aliphatic carbocycles. The molecule has 1 amide bonds. The fourth-order valence-electron chi connectivity index (χ4n) is 2.76. The lowest BCUT2D eigenvalue weighted by atomic mass is 10.1. The Bertz CT molecular complexity index is 1150. The van der Waals surface area contributed by atoms with Gasteiger partial charge in [0.15, 0.2) is 0 Å². The summed E-state index contributed by atoms with van der Waals surface area (Å²) in [7, 11) is -4.01. The maximum absolute atomic E-state index is 12.9. The maximum Gasteiger partial charge on any atom is 0.307 e. The molecule has 3 aromatic rings. The van der Waals surface area contributed by atoms with Crippen molar-refractivity contribution in [2.45, 2.75) is 23.9 Å². The highest BCUT2D eigenvalue weighted by molar-refractivity contribution is 7.89. The number of hydrogen-bond acceptors (Lipinski definition) is 5. The topological polar surface area (TPSA) is 130 Å². The zero-order chi connectivity index (χ0) is 22.4. The van der Waals surface area contributed by atoms with Crippen molar-refractivity contribution in [3.63, 3.8) is 0 Å². The fraction of sp³-hybridized carbons (Fsp3) is 0.150. The molecule has 0 spiro atoms. The average molecular weight is 499 g/mol. The number of halogens is 2. The van der Waals surface area contributed by atoms with Gasteiger partial charge in [-0.1, -0.05) is 23.7 Å². The second-order valence-electron chi connectivity index (χ2n) is 6.64. The second-order valence-corrected chi connectivity index (χ2v) is 8.79. The molecule has 1 heterocycles. The molecule has 1 aromatic heterocycles. The van der Waals surface area contributed by atoms with Crippen molar-refractivity contribution < 1.29 is 23.1 Å². The summed E-state index contributed by atoms with van der Waals surface area (Å²) in [6.07, 6.45) is 4.46. The monoisotopic (exact) mass is 498 g/mol. The third kappa shape index (κ3) is 7.06. The molecule has 9 nitrogen and oxygen atoms in total. The van der Waals surface area contributed by atoms with Gasteiger partial charge >= 0.3 is 5.97 Å². The summed E-state index contributed by atoms with van der Waals surface area (Å²) >= 11 is 5.82. The molecule has 0 saturated heterocycles. The van der Waals surface area contributed by atoms with Crippen LogP contribution in [0.4, 0.5) is 5.69 Å². The number of imidazole rings is 1. The van der Waals surface area contributed by atoms with E-state index in [2.05, 4.69) is 15.0 Å². The Labute approximate surface area is 195 Å². The summed E-state index contributed by atoms with van der Waals surface area (Å²) in [5.41, 5.74) is 0.976. The van der Waals surface area contributed by atoms with Crippen molar-refractivity contribution >= 4 is 51.6 Å². The van der Waals surface area contributed by atoms with Gasteiger partial charge < -0.3 is 15.0 Å². The predicted octanol–water partition coefficient (Wildman–Crippen LogP) is 2.57. The normalized spacial score (nSPS) is 11.9. The summed E-state index contributed by atoms with van der Waals surface area (Å²) < 4.78 is 29.5. The first-order valence-electron chi connectivity index (χ1n) is 9.08. The summed E-state index contributed by atoms with van der Waals surface area (Å²) in [6.45, 7) is 0.00967. The van der Waals surface area contributed by atoms with E-state index in [1.165, 1.54) is 36.8 Å². The number of aliphatic carboxylic acids is 1. The van der Waals surface area contributed by atoms with Crippen LogP contribution in [0, 0.1) is 0 Å². The molecule has 3 N–H and O–H groups in total. The first-order valence-corrected chi connectivity index (χ1v) is 10.9. The van der Waals surface area contributed by atoms with Gasteiger partial charge in [0.1, 0.15) is 6.04 Å². The molecule has 32 heavy (non-hydrogen) atoms. The number of aromatic nitrogens is 2. The smallest absolute Gasteiger partial charge is 0.307 e. The van der Waals surface area contributed by atoms with Crippen molar-refractivity contribution in [3.8, 4) is 0 Å². The molecule has 2 aromatic carbocycles. The van der Waals surface area contributed by atoms with Crippen molar-refractivity contribution in [2.75, 3.05) is 5.32 Å². The molecule has 0 aliphatic rings. The van der Waals surface area contributed by atoms with E-state index in [-0.39, 0.29) is 30.3 Å². The van der Waals surface area contributed by atoms with Crippen molar-refractivity contribution in [1.29, 1.82) is 0 Å².